The molecule has 0 aromatic heterocycles. The molecule has 0 heterocycles. The van der Waals surface area contributed by atoms with Gasteiger partial charge in [-0.15, -0.1) is 0 Å². The van der Waals surface area contributed by atoms with Gasteiger partial charge in [-0.25, -0.2) is 5.43 Å². The summed E-state index contributed by atoms with van der Waals surface area (Å²) in [6.45, 7) is 1.96. The fraction of sp³-hybridized carbons (Fsp3) is 0.333. The lowest BCUT2D eigenvalue weighted by Gasteiger charge is -2.15. The van der Waals surface area contributed by atoms with Gasteiger partial charge in [0, 0.05) is 12.1 Å². The Morgan fingerprint density at radius 3 is 2.44 bits per heavy atom. The zero-order valence-corrected chi connectivity index (χ0v) is 10.1. The van der Waals surface area contributed by atoms with Crippen LogP contribution in [0.4, 0.5) is 5.69 Å². The third-order valence-electron chi connectivity index (χ3n) is 2.42. The highest BCUT2D eigenvalue weighted by Crippen LogP contribution is 2.07. The number of nitrogens with one attached hydrogen (secondary N) is 2. The molecule has 0 aliphatic heterocycles. The highest BCUT2D eigenvalue weighted by Gasteiger charge is 2.17. The Labute approximate surface area is 105 Å². The third kappa shape index (κ3) is 4.84. The molecule has 6 nitrogen and oxygen atoms in total. The van der Waals surface area contributed by atoms with Gasteiger partial charge in [0.25, 0.3) is 0 Å². The van der Waals surface area contributed by atoms with Crippen molar-refractivity contribution in [2.24, 2.45) is 5.73 Å². The first-order valence-corrected chi connectivity index (χ1v) is 5.58. The van der Waals surface area contributed by atoms with Crippen LogP contribution >= 0.6 is 0 Å². The summed E-state index contributed by atoms with van der Waals surface area (Å²) in [7, 11) is 0. The summed E-state index contributed by atoms with van der Waals surface area (Å²) in [5.74, 6) is -1.55. The van der Waals surface area contributed by atoms with E-state index < -0.39 is 17.9 Å². The molecule has 6 heteroatoms. The number of aliphatic carboxylic acids is 1. The molecule has 18 heavy (non-hydrogen) atoms. The number of carboxylic acids is 1. The van der Waals surface area contributed by atoms with Crippen LogP contribution < -0.4 is 16.6 Å². The molecule has 0 aliphatic rings. The normalized spacial score (nSPS) is 11.8. The average Bonchev–Trinajstić information content (AvgIpc) is 2.30. The van der Waals surface area contributed by atoms with Gasteiger partial charge in [-0.3, -0.25) is 9.59 Å². The molecule has 0 radical (unpaired) electrons. The Bertz CT molecular complexity index is 417. The highest BCUT2D eigenvalue weighted by molar-refractivity contribution is 5.77. The number of carbonyl (C=O) groups is 2. The standard InChI is InChI=1S/C12H17N3O3/c1-8-2-4-9(5-3-8)14-15-10(12(17)18)6-7-11(13)16/h2-5,10,14-15H,6-7H2,1H3,(H2,13,16)(H,17,18). The smallest absolute Gasteiger partial charge is 0.322 e. The van der Waals surface area contributed by atoms with Gasteiger partial charge in [-0.05, 0) is 25.5 Å². The zero-order valence-electron chi connectivity index (χ0n) is 10.1. The fourth-order valence-corrected chi connectivity index (χ4v) is 1.35. The second-order valence-corrected chi connectivity index (χ2v) is 4.03. The second-order valence-electron chi connectivity index (χ2n) is 4.03. The van der Waals surface area contributed by atoms with Crippen molar-refractivity contribution >= 4 is 17.6 Å². The number of hydrogen-bond donors (Lipinski definition) is 4. The quantitative estimate of drug-likeness (QED) is 0.532. The molecule has 0 saturated carbocycles. The number of hydrazine groups is 1. The number of nitrogens with two attached hydrogens (primary N) is 1. The van der Waals surface area contributed by atoms with Crippen LogP contribution in [-0.2, 0) is 9.59 Å². The number of hydrogen-bond acceptors (Lipinski definition) is 4. The Balaban J connectivity index is 2.49. The van der Waals surface area contributed by atoms with E-state index in [1.807, 2.05) is 31.2 Å². The maximum absolute atomic E-state index is 10.9. The van der Waals surface area contributed by atoms with Crippen LogP contribution in [0.3, 0.4) is 0 Å². The summed E-state index contributed by atoms with van der Waals surface area (Å²) in [4.78, 5) is 21.6. The molecule has 0 bridgehead atoms. The Hall–Kier alpha value is -2.08. The number of benzene rings is 1. The van der Waals surface area contributed by atoms with E-state index in [9.17, 15) is 9.59 Å². The van der Waals surface area contributed by atoms with Crippen molar-refractivity contribution < 1.29 is 14.7 Å². The van der Waals surface area contributed by atoms with E-state index in [0.717, 1.165) is 11.3 Å². The largest absolute Gasteiger partial charge is 0.480 e. The summed E-state index contributed by atoms with van der Waals surface area (Å²) < 4.78 is 0. The van der Waals surface area contributed by atoms with Gasteiger partial charge in [-0.2, -0.15) is 0 Å². The molecule has 0 aliphatic carbocycles. The zero-order chi connectivity index (χ0) is 13.5. The van der Waals surface area contributed by atoms with Crippen LogP contribution in [-0.4, -0.2) is 23.0 Å². The second kappa shape index (κ2) is 6.61. The topological polar surface area (TPSA) is 104 Å². The van der Waals surface area contributed by atoms with Crippen molar-refractivity contribution in [3.63, 3.8) is 0 Å². The van der Waals surface area contributed by atoms with Gasteiger partial charge in [-0.1, -0.05) is 17.7 Å². The van der Waals surface area contributed by atoms with E-state index in [1.165, 1.54) is 0 Å². The van der Waals surface area contributed by atoms with E-state index in [0.29, 0.717) is 0 Å². The first-order valence-electron chi connectivity index (χ1n) is 5.58. The molecule has 1 amide bonds. The van der Waals surface area contributed by atoms with Crippen molar-refractivity contribution in [1.82, 2.24) is 5.43 Å². The number of anilines is 1. The molecule has 1 aromatic carbocycles. The molecule has 0 saturated heterocycles. The Kier molecular flexibility index (Phi) is 5.13. The van der Waals surface area contributed by atoms with E-state index in [4.69, 9.17) is 10.8 Å². The minimum atomic E-state index is -1.03. The van der Waals surface area contributed by atoms with E-state index >= 15 is 0 Å². The van der Waals surface area contributed by atoms with Crippen LogP contribution in [0.2, 0.25) is 0 Å². The Morgan fingerprint density at radius 2 is 1.94 bits per heavy atom. The molecular formula is C12H17N3O3. The molecule has 1 unspecified atom stereocenters. The van der Waals surface area contributed by atoms with Crippen molar-refractivity contribution in [3.8, 4) is 0 Å². The van der Waals surface area contributed by atoms with Gasteiger partial charge in [0.1, 0.15) is 6.04 Å². The molecule has 1 rings (SSSR count). The predicted octanol–water partition coefficient (Wildman–Crippen LogP) is 0.630. The number of aryl methyl sites for hydroxylation is 1. The van der Waals surface area contributed by atoms with Crippen LogP contribution in [0, 0.1) is 6.92 Å². The summed E-state index contributed by atoms with van der Waals surface area (Å²) in [6, 6.07) is 6.61. The lowest BCUT2D eigenvalue weighted by atomic mass is 10.1. The van der Waals surface area contributed by atoms with Gasteiger partial charge < -0.3 is 16.3 Å². The van der Waals surface area contributed by atoms with Crippen LogP contribution in [0.1, 0.15) is 18.4 Å². The maximum Gasteiger partial charge on any atom is 0.322 e. The van der Waals surface area contributed by atoms with Gasteiger partial charge in [0.2, 0.25) is 5.91 Å². The molecule has 5 N–H and O–H groups in total. The minimum Gasteiger partial charge on any atom is -0.480 e. The maximum atomic E-state index is 10.9. The van der Waals surface area contributed by atoms with Gasteiger partial charge in [0.15, 0.2) is 0 Å². The molecule has 0 fully saturated rings. The summed E-state index contributed by atoms with van der Waals surface area (Å²) in [6.07, 6.45) is 0.170. The first-order chi connectivity index (χ1) is 8.49. The van der Waals surface area contributed by atoms with Crippen LogP contribution in [0.25, 0.3) is 0 Å². The predicted molar refractivity (Wildman–Crippen MR) is 67.8 cm³/mol. The minimum absolute atomic E-state index is 0.0273. The number of carboxylic acid groups (broad SMARTS) is 1. The van der Waals surface area contributed by atoms with E-state index in [-0.39, 0.29) is 12.8 Å². The molecule has 0 spiro atoms. The summed E-state index contributed by atoms with van der Waals surface area (Å²) >= 11 is 0. The number of rotatable bonds is 7. The van der Waals surface area contributed by atoms with Gasteiger partial charge >= 0.3 is 5.97 Å². The van der Waals surface area contributed by atoms with Crippen LogP contribution in [0.15, 0.2) is 24.3 Å². The first kappa shape index (κ1) is 14.0. The van der Waals surface area contributed by atoms with Crippen molar-refractivity contribution in [1.29, 1.82) is 0 Å². The van der Waals surface area contributed by atoms with Crippen molar-refractivity contribution in [3.05, 3.63) is 29.8 Å². The molecule has 1 atom stereocenters. The Morgan fingerprint density at radius 1 is 1.33 bits per heavy atom. The number of amides is 1. The third-order valence-corrected chi connectivity index (χ3v) is 2.42. The number of primary amides is 1. The van der Waals surface area contributed by atoms with Crippen molar-refractivity contribution in [2.45, 2.75) is 25.8 Å². The van der Waals surface area contributed by atoms with E-state index in [1.54, 1.807) is 0 Å². The monoisotopic (exact) mass is 251 g/mol. The lowest BCUT2D eigenvalue weighted by molar-refractivity contribution is -0.139. The number of carbonyl (C=O) groups excluding carboxylic acids is 1. The lowest BCUT2D eigenvalue weighted by Crippen LogP contribution is -2.41. The SMILES string of the molecule is Cc1ccc(NNC(CCC(N)=O)C(=O)O)cc1. The molecular weight excluding hydrogens is 234 g/mol. The molecule has 98 valence electrons. The fourth-order valence-electron chi connectivity index (χ4n) is 1.35. The highest BCUT2D eigenvalue weighted by atomic mass is 16.4. The van der Waals surface area contributed by atoms with E-state index in [2.05, 4.69) is 10.9 Å². The summed E-state index contributed by atoms with van der Waals surface area (Å²) in [5, 5.41) is 8.95. The van der Waals surface area contributed by atoms with Crippen LogP contribution in [0.5, 0.6) is 0 Å². The van der Waals surface area contributed by atoms with Crippen molar-refractivity contribution in [2.75, 3.05) is 5.43 Å². The molecule has 1 aromatic rings. The van der Waals surface area contributed by atoms with Gasteiger partial charge in [0.05, 0.1) is 0 Å². The summed E-state index contributed by atoms with van der Waals surface area (Å²) in [5.41, 5.74) is 12.3. The average molecular weight is 251 g/mol.